The Morgan fingerprint density at radius 3 is 2.67 bits per heavy atom. The first-order chi connectivity index (χ1) is 8.39. The molecule has 0 bridgehead atoms. The van der Waals surface area contributed by atoms with E-state index in [0.29, 0.717) is 24.9 Å². The summed E-state index contributed by atoms with van der Waals surface area (Å²) in [7, 11) is 0. The highest BCUT2D eigenvalue weighted by atomic mass is 19.4. The molecule has 1 aromatic rings. The summed E-state index contributed by atoms with van der Waals surface area (Å²) in [6.07, 6.45) is -3.11. The Morgan fingerprint density at radius 1 is 1.44 bits per heavy atom. The number of aromatic nitrogens is 1. The van der Waals surface area contributed by atoms with Gasteiger partial charge in [0.25, 0.3) is 0 Å². The van der Waals surface area contributed by atoms with Crippen molar-refractivity contribution in [3.63, 3.8) is 0 Å². The van der Waals surface area contributed by atoms with E-state index in [1.54, 1.807) is 0 Å². The summed E-state index contributed by atoms with van der Waals surface area (Å²) < 4.78 is 37.0. The van der Waals surface area contributed by atoms with Crippen molar-refractivity contribution in [3.8, 4) is 0 Å². The van der Waals surface area contributed by atoms with Crippen molar-refractivity contribution in [1.82, 2.24) is 9.88 Å². The van der Waals surface area contributed by atoms with Crippen LogP contribution < -0.4 is 0 Å². The van der Waals surface area contributed by atoms with Gasteiger partial charge in [0.2, 0.25) is 0 Å². The van der Waals surface area contributed by atoms with Crippen LogP contribution in [0.3, 0.4) is 0 Å². The van der Waals surface area contributed by atoms with Gasteiger partial charge in [0.1, 0.15) is 5.69 Å². The third kappa shape index (κ3) is 2.39. The molecule has 1 aliphatic heterocycles. The Morgan fingerprint density at radius 2 is 2.17 bits per heavy atom. The van der Waals surface area contributed by atoms with E-state index in [0.717, 1.165) is 12.3 Å². The maximum absolute atomic E-state index is 12.3. The normalized spacial score (nSPS) is 20.2. The molecule has 18 heavy (non-hydrogen) atoms. The average molecular weight is 260 g/mol. The lowest BCUT2D eigenvalue weighted by Crippen LogP contribution is -2.28. The molecule has 1 unspecified atom stereocenters. The number of hydrogen-bond acceptors (Lipinski definition) is 2. The van der Waals surface area contributed by atoms with Crippen LogP contribution in [0.5, 0.6) is 0 Å². The predicted molar refractivity (Wildman–Crippen MR) is 55.9 cm³/mol. The zero-order chi connectivity index (χ0) is 13.3. The molecular weight excluding hydrogens is 249 g/mol. The molecule has 1 fully saturated rings. The minimum absolute atomic E-state index is 0.391. The lowest BCUT2D eigenvalue weighted by molar-refractivity contribution is -0.141. The molecule has 0 aromatic carbocycles. The molecule has 0 spiro atoms. The zero-order valence-electron chi connectivity index (χ0n) is 9.31. The van der Waals surface area contributed by atoms with Gasteiger partial charge in [-0.15, -0.1) is 0 Å². The average Bonchev–Trinajstić information content (AvgIpc) is 2.77. The highest BCUT2D eigenvalue weighted by Crippen LogP contribution is 2.33. The second-order valence-corrected chi connectivity index (χ2v) is 4.11. The summed E-state index contributed by atoms with van der Waals surface area (Å²) in [5, 5.41) is 8.95. The number of likely N-dealkylation sites (tertiary alicyclic amines) is 1. The minimum Gasteiger partial charge on any atom is -0.465 e. The number of carboxylic acid groups (broad SMARTS) is 1. The Hall–Kier alpha value is -1.79. The molecule has 1 N–H and O–H groups in total. The SMILES string of the molecule is O=C(O)N1CCCC1c1ccc(C(F)(F)F)nc1. The van der Waals surface area contributed by atoms with Gasteiger partial charge in [-0.05, 0) is 24.5 Å². The second-order valence-electron chi connectivity index (χ2n) is 4.11. The van der Waals surface area contributed by atoms with E-state index in [1.807, 2.05) is 0 Å². The van der Waals surface area contributed by atoms with Gasteiger partial charge in [0.15, 0.2) is 0 Å². The summed E-state index contributed by atoms with van der Waals surface area (Å²) in [6.45, 7) is 0.404. The van der Waals surface area contributed by atoms with Gasteiger partial charge in [-0.25, -0.2) is 4.79 Å². The number of pyridine rings is 1. The number of rotatable bonds is 1. The van der Waals surface area contributed by atoms with Gasteiger partial charge in [-0.2, -0.15) is 13.2 Å². The van der Waals surface area contributed by atoms with Gasteiger partial charge in [-0.1, -0.05) is 6.07 Å². The standard InChI is InChI=1S/C11H11F3N2O2/c12-11(13,14)9-4-3-7(6-15-9)8-2-1-5-16(8)10(17)18/h3-4,6,8H,1-2,5H2,(H,17,18). The van der Waals surface area contributed by atoms with Crippen molar-refractivity contribution < 1.29 is 23.1 Å². The third-order valence-corrected chi connectivity index (χ3v) is 2.96. The van der Waals surface area contributed by atoms with Gasteiger partial charge >= 0.3 is 12.3 Å². The fourth-order valence-corrected chi connectivity index (χ4v) is 2.11. The third-order valence-electron chi connectivity index (χ3n) is 2.96. The second kappa shape index (κ2) is 4.47. The molecular formula is C11H11F3N2O2. The van der Waals surface area contributed by atoms with Crippen LogP contribution in [-0.2, 0) is 6.18 Å². The molecule has 4 nitrogen and oxygen atoms in total. The molecule has 1 aliphatic rings. The predicted octanol–water partition coefficient (Wildman–Crippen LogP) is 2.92. The van der Waals surface area contributed by atoms with Crippen molar-refractivity contribution in [1.29, 1.82) is 0 Å². The van der Waals surface area contributed by atoms with Gasteiger partial charge in [0.05, 0.1) is 6.04 Å². The van der Waals surface area contributed by atoms with Crippen LogP contribution in [0.25, 0.3) is 0 Å². The van der Waals surface area contributed by atoms with Crippen molar-refractivity contribution in [2.24, 2.45) is 0 Å². The summed E-state index contributed by atoms with van der Waals surface area (Å²) >= 11 is 0. The van der Waals surface area contributed by atoms with Crippen LogP contribution in [0.4, 0.5) is 18.0 Å². The summed E-state index contributed by atoms with van der Waals surface area (Å²) in [5.41, 5.74) is -0.464. The Bertz CT molecular complexity index is 445. The number of halogens is 3. The Balaban J connectivity index is 2.22. The van der Waals surface area contributed by atoms with Crippen LogP contribution in [0.15, 0.2) is 18.3 Å². The van der Waals surface area contributed by atoms with E-state index in [-0.39, 0.29) is 0 Å². The molecule has 98 valence electrons. The monoisotopic (exact) mass is 260 g/mol. The van der Waals surface area contributed by atoms with E-state index in [1.165, 1.54) is 11.0 Å². The number of carbonyl (C=O) groups is 1. The number of hydrogen-bond donors (Lipinski definition) is 1. The number of nitrogens with zero attached hydrogens (tertiary/aromatic N) is 2. The summed E-state index contributed by atoms with van der Waals surface area (Å²) in [6, 6.07) is 1.78. The first-order valence-electron chi connectivity index (χ1n) is 5.42. The lowest BCUT2D eigenvalue weighted by Gasteiger charge is -2.21. The molecule has 1 atom stereocenters. The molecule has 0 aliphatic carbocycles. The maximum atomic E-state index is 12.3. The van der Waals surface area contributed by atoms with Crippen LogP contribution in [0.1, 0.15) is 30.1 Å². The molecule has 1 aromatic heterocycles. The fourth-order valence-electron chi connectivity index (χ4n) is 2.11. The maximum Gasteiger partial charge on any atom is 0.433 e. The van der Waals surface area contributed by atoms with Crippen LogP contribution in [0.2, 0.25) is 0 Å². The van der Waals surface area contributed by atoms with Crippen LogP contribution in [0, 0.1) is 0 Å². The Labute approximate surface area is 101 Å². The highest BCUT2D eigenvalue weighted by molar-refractivity contribution is 5.66. The largest absolute Gasteiger partial charge is 0.465 e. The van der Waals surface area contributed by atoms with Crippen molar-refractivity contribution in [3.05, 3.63) is 29.6 Å². The Kier molecular flexibility index (Phi) is 3.14. The van der Waals surface area contributed by atoms with E-state index in [9.17, 15) is 18.0 Å². The van der Waals surface area contributed by atoms with Crippen LogP contribution in [-0.4, -0.2) is 27.6 Å². The molecule has 0 saturated carbocycles. The fraction of sp³-hybridized carbons (Fsp3) is 0.455. The highest BCUT2D eigenvalue weighted by Gasteiger charge is 2.34. The molecule has 0 radical (unpaired) electrons. The molecule has 1 amide bonds. The van der Waals surface area contributed by atoms with E-state index < -0.39 is 24.0 Å². The quantitative estimate of drug-likeness (QED) is 0.844. The lowest BCUT2D eigenvalue weighted by atomic mass is 10.1. The van der Waals surface area contributed by atoms with E-state index in [4.69, 9.17) is 5.11 Å². The summed E-state index contributed by atoms with van der Waals surface area (Å²) in [5.74, 6) is 0. The van der Waals surface area contributed by atoms with E-state index >= 15 is 0 Å². The molecule has 2 heterocycles. The van der Waals surface area contributed by atoms with Crippen molar-refractivity contribution in [2.75, 3.05) is 6.54 Å². The molecule has 7 heteroatoms. The zero-order valence-corrected chi connectivity index (χ0v) is 9.31. The van der Waals surface area contributed by atoms with Crippen LogP contribution >= 0.6 is 0 Å². The van der Waals surface area contributed by atoms with Gasteiger partial charge in [-0.3, -0.25) is 4.98 Å². The summed E-state index contributed by atoms with van der Waals surface area (Å²) in [4.78, 5) is 15.5. The number of alkyl halides is 3. The smallest absolute Gasteiger partial charge is 0.433 e. The minimum atomic E-state index is -4.47. The van der Waals surface area contributed by atoms with Crippen molar-refractivity contribution in [2.45, 2.75) is 25.1 Å². The molecule has 1 saturated heterocycles. The van der Waals surface area contributed by atoms with E-state index in [2.05, 4.69) is 4.98 Å². The number of amides is 1. The molecule has 2 rings (SSSR count). The first kappa shape index (κ1) is 12.7. The van der Waals surface area contributed by atoms with Gasteiger partial charge < -0.3 is 10.0 Å². The van der Waals surface area contributed by atoms with Crippen molar-refractivity contribution >= 4 is 6.09 Å². The van der Waals surface area contributed by atoms with Gasteiger partial charge in [0, 0.05) is 12.7 Å². The first-order valence-corrected chi connectivity index (χ1v) is 5.42. The topological polar surface area (TPSA) is 53.4 Å².